The summed E-state index contributed by atoms with van der Waals surface area (Å²) in [7, 11) is -3.50. The standard InChI is InChI=1S/C15H20Cl2N2O4S/c1-24(21,22)19(11-15(20)18-6-8-23-9-7-18)5-4-12-2-3-13(16)10-14(12)17/h2-3,10H,4-9,11H2,1H3. The van der Waals surface area contributed by atoms with Gasteiger partial charge in [0.15, 0.2) is 0 Å². The molecular formula is C15H20Cl2N2O4S. The molecule has 0 radical (unpaired) electrons. The Labute approximate surface area is 152 Å². The average molecular weight is 395 g/mol. The third-order valence-electron chi connectivity index (χ3n) is 3.79. The van der Waals surface area contributed by atoms with E-state index in [2.05, 4.69) is 0 Å². The fourth-order valence-electron chi connectivity index (χ4n) is 2.40. The third kappa shape index (κ3) is 5.60. The van der Waals surface area contributed by atoms with Gasteiger partial charge in [-0.05, 0) is 24.1 Å². The largest absolute Gasteiger partial charge is 0.378 e. The van der Waals surface area contributed by atoms with Crippen LogP contribution in [-0.2, 0) is 26.0 Å². The van der Waals surface area contributed by atoms with Crippen molar-refractivity contribution in [2.45, 2.75) is 6.42 Å². The first-order valence-corrected chi connectivity index (χ1v) is 10.1. The number of carbonyl (C=O) groups excluding carboxylic acids is 1. The highest BCUT2D eigenvalue weighted by molar-refractivity contribution is 7.88. The van der Waals surface area contributed by atoms with Gasteiger partial charge < -0.3 is 9.64 Å². The van der Waals surface area contributed by atoms with Crippen molar-refractivity contribution < 1.29 is 17.9 Å². The molecule has 6 nitrogen and oxygen atoms in total. The lowest BCUT2D eigenvalue weighted by Gasteiger charge is -2.29. The number of sulfonamides is 1. The molecule has 0 spiro atoms. The van der Waals surface area contributed by atoms with Gasteiger partial charge in [0, 0.05) is 29.7 Å². The number of nitrogens with zero attached hydrogens (tertiary/aromatic N) is 2. The number of hydrogen-bond donors (Lipinski definition) is 0. The molecule has 1 aromatic carbocycles. The highest BCUT2D eigenvalue weighted by Gasteiger charge is 2.24. The van der Waals surface area contributed by atoms with Crippen molar-refractivity contribution in [3.8, 4) is 0 Å². The molecule has 1 aromatic rings. The second-order valence-corrected chi connectivity index (χ2v) is 8.40. The molecule has 0 unspecified atom stereocenters. The second-order valence-electron chi connectivity index (χ2n) is 5.58. The number of hydrogen-bond acceptors (Lipinski definition) is 4. The molecule has 1 fully saturated rings. The van der Waals surface area contributed by atoms with Crippen LogP contribution in [0, 0.1) is 0 Å². The Kier molecular flexibility index (Phi) is 6.88. The highest BCUT2D eigenvalue weighted by Crippen LogP contribution is 2.21. The van der Waals surface area contributed by atoms with E-state index in [0.717, 1.165) is 11.8 Å². The molecular weight excluding hydrogens is 375 g/mol. The Balaban J connectivity index is 2.02. The van der Waals surface area contributed by atoms with Crippen LogP contribution in [0.3, 0.4) is 0 Å². The van der Waals surface area contributed by atoms with Crippen molar-refractivity contribution >= 4 is 39.1 Å². The molecule has 0 atom stereocenters. The first kappa shape index (κ1) is 19.5. The van der Waals surface area contributed by atoms with Crippen LogP contribution >= 0.6 is 23.2 Å². The number of carbonyl (C=O) groups is 1. The van der Waals surface area contributed by atoms with E-state index in [1.54, 1.807) is 23.1 Å². The normalized spacial score (nSPS) is 15.8. The lowest BCUT2D eigenvalue weighted by Crippen LogP contribution is -2.47. The van der Waals surface area contributed by atoms with Crippen LogP contribution in [0.25, 0.3) is 0 Å². The van der Waals surface area contributed by atoms with Crippen LogP contribution in [0.15, 0.2) is 18.2 Å². The van der Waals surface area contributed by atoms with Crippen LogP contribution in [0.4, 0.5) is 0 Å². The Morgan fingerprint density at radius 3 is 2.54 bits per heavy atom. The van der Waals surface area contributed by atoms with Gasteiger partial charge in [-0.1, -0.05) is 29.3 Å². The Bertz CT molecular complexity index is 691. The van der Waals surface area contributed by atoms with Crippen molar-refractivity contribution in [1.82, 2.24) is 9.21 Å². The Morgan fingerprint density at radius 1 is 1.29 bits per heavy atom. The minimum absolute atomic E-state index is 0.177. The molecule has 1 amide bonds. The van der Waals surface area contributed by atoms with Gasteiger partial charge in [-0.15, -0.1) is 0 Å². The van der Waals surface area contributed by atoms with Gasteiger partial charge in [-0.25, -0.2) is 8.42 Å². The van der Waals surface area contributed by atoms with Gasteiger partial charge in [0.2, 0.25) is 15.9 Å². The Hall–Kier alpha value is -0.860. The van der Waals surface area contributed by atoms with Crippen molar-refractivity contribution in [2.75, 3.05) is 45.6 Å². The first-order valence-electron chi connectivity index (χ1n) is 7.52. The van der Waals surface area contributed by atoms with E-state index in [9.17, 15) is 13.2 Å². The van der Waals surface area contributed by atoms with E-state index in [1.165, 1.54) is 4.31 Å². The lowest BCUT2D eigenvalue weighted by atomic mass is 10.1. The fourth-order valence-corrected chi connectivity index (χ4v) is 3.67. The number of amides is 1. The summed E-state index contributed by atoms with van der Waals surface area (Å²) in [4.78, 5) is 13.9. The number of rotatable bonds is 6. The first-order chi connectivity index (χ1) is 11.3. The maximum Gasteiger partial charge on any atom is 0.238 e. The van der Waals surface area contributed by atoms with E-state index in [-0.39, 0.29) is 19.0 Å². The van der Waals surface area contributed by atoms with Gasteiger partial charge in [0.25, 0.3) is 0 Å². The van der Waals surface area contributed by atoms with Crippen LogP contribution in [0.1, 0.15) is 5.56 Å². The van der Waals surface area contributed by atoms with E-state index >= 15 is 0 Å². The molecule has 9 heteroatoms. The molecule has 1 saturated heterocycles. The molecule has 0 aliphatic carbocycles. The monoisotopic (exact) mass is 394 g/mol. The summed E-state index contributed by atoms with van der Waals surface area (Å²) in [5, 5.41) is 1.00. The predicted octanol–water partition coefficient (Wildman–Crippen LogP) is 1.66. The highest BCUT2D eigenvalue weighted by atomic mass is 35.5. The zero-order chi connectivity index (χ0) is 17.7. The minimum atomic E-state index is -3.50. The zero-order valence-corrected chi connectivity index (χ0v) is 15.7. The summed E-state index contributed by atoms with van der Waals surface area (Å²) in [5.41, 5.74) is 0.786. The molecule has 0 saturated carbocycles. The second kappa shape index (κ2) is 8.49. The van der Waals surface area contributed by atoms with Gasteiger partial charge in [0.05, 0.1) is 26.0 Å². The van der Waals surface area contributed by atoms with Crippen molar-refractivity contribution in [2.24, 2.45) is 0 Å². The van der Waals surface area contributed by atoms with Gasteiger partial charge in [-0.3, -0.25) is 4.79 Å². The van der Waals surface area contributed by atoms with Gasteiger partial charge in [0.1, 0.15) is 0 Å². The molecule has 0 aromatic heterocycles. The van der Waals surface area contributed by atoms with Crippen molar-refractivity contribution in [3.05, 3.63) is 33.8 Å². The van der Waals surface area contributed by atoms with E-state index in [0.29, 0.717) is 42.8 Å². The fraction of sp³-hybridized carbons (Fsp3) is 0.533. The molecule has 1 aliphatic heterocycles. The van der Waals surface area contributed by atoms with Gasteiger partial charge in [-0.2, -0.15) is 4.31 Å². The number of halogens is 2. The van der Waals surface area contributed by atoms with Crippen molar-refractivity contribution in [1.29, 1.82) is 0 Å². The SMILES string of the molecule is CS(=O)(=O)N(CCc1ccc(Cl)cc1Cl)CC(=O)N1CCOCC1. The van der Waals surface area contributed by atoms with Crippen LogP contribution < -0.4 is 0 Å². The van der Waals surface area contributed by atoms with E-state index in [1.807, 2.05) is 0 Å². The predicted molar refractivity (Wildman–Crippen MR) is 94.0 cm³/mol. The summed E-state index contributed by atoms with van der Waals surface area (Å²) in [6.07, 6.45) is 1.50. The maximum atomic E-state index is 12.3. The average Bonchev–Trinajstić information content (AvgIpc) is 2.52. The zero-order valence-electron chi connectivity index (χ0n) is 13.4. The number of benzene rings is 1. The van der Waals surface area contributed by atoms with Crippen LogP contribution in [0.5, 0.6) is 0 Å². The molecule has 0 bridgehead atoms. The van der Waals surface area contributed by atoms with E-state index in [4.69, 9.17) is 27.9 Å². The van der Waals surface area contributed by atoms with Crippen molar-refractivity contribution in [3.63, 3.8) is 0 Å². The van der Waals surface area contributed by atoms with Gasteiger partial charge >= 0.3 is 0 Å². The summed E-state index contributed by atoms with van der Waals surface area (Å²) >= 11 is 12.0. The maximum absolute atomic E-state index is 12.3. The van der Waals surface area contributed by atoms with Crippen LogP contribution in [0.2, 0.25) is 10.0 Å². The smallest absolute Gasteiger partial charge is 0.238 e. The molecule has 0 N–H and O–H groups in total. The Morgan fingerprint density at radius 2 is 1.96 bits per heavy atom. The topological polar surface area (TPSA) is 66.9 Å². The summed E-state index contributed by atoms with van der Waals surface area (Å²) in [6.45, 7) is 1.93. The summed E-state index contributed by atoms with van der Waals surface area (Å²) in [6, 6.07) is 5.07. The summed E-state index contributed by atoms with van der Waals surface area (Å²) < 4.78 is 30.3. The molecule has 24 heavy (non-hydrogen) atoms. The van der Waals surface area contributed by atoms with Crippen LogP contribution in [-0.4, -0.2) is 69.2 Å². The third-order valence-corrected chi connectivity index (χ3v) is 5.63. The quantitative estimate of drug-likeness (QED) is 0.735. The lowest BCUT2D eigenvalue weighted by molar-refractivity contribution is -0.135. The molecule has 134 valence electrons. The molecule has 2 rings (SSSR count). The molecule has 1 aliphatic rings. The minimum Gasteiger partial charge on any atom is -0.378 e. The summed E-state index contributed by atoms with van der Waals surface area (Å²) in [5.74, 6) is -0.217. The van der Waals surface area contributed by atoms with E-state index < -0.39 is 10.0 Å². The number of ether oxygens (including phenoxy) is 1. The number of morpholine rings is 1. The molecule has 1 heterocycles.